The second kappa shape index (κ2) is 17.0. The van der Waals surface area contributed by atoms with Crippen molar-refractivity contribution in [3.8, 4) is 0 Å². The minimum absolute atomic E-state index is 0.0969. The Morgan fingerprint density at radius 3 is 1.89 bits per heavy atom. The first-order valence-electron chi connectivity index (χ1n) is 23.7. The molecule has 16 heteroatoms. The molecule has 0 bridgehead atoms. The van der Waals surface area contributed by atoms with E-state index in [4.69, 9.17) is 28.4 Å². The third kappa shape index (κ3) is 7.25. The van der Waals surface area contributed by atoms with E-state index < -0.39 is 110 Å². The molecule has 3 saturated heterocycles. The Balaban J connectivity index is 1.12. The molecular weight excluding hydrogens is 821 g/mol. The van der Waals surface area contributed by atoms with Gasteiger partial charge in [0.25, 0.3) is 0 Å². The summed E-state index contributed by atoms with van der Waals surface area (Å²) in [5, 5.41) is 95.9. The maximum atomic E-state index is 15.0. The van der Waals surface area contributed by atoms with E-state index in [1.807, 2.05) is 6.92 Å². The third-order valence-electron chi connectivity index (χ3n) is 18.9. The van der Waals surface area contributed by atoms with Gasteiger partial charge in [-0.25, -0.2) is 0 Å². The number of esters is 1. The highest BCUT2D eigenvalue weighted by molar-refractivity contribution is 5.78. The Bertz CT molecular complexity index is 1710. The number of hydrogen-bond donors (Lipinski definition) is 9. The maximum Gasteiger partial charge on any atom is 0.317 e. The Kier molecular flexibility index (Phi) is 13.0. The molecule has 5 aliphatic carbocycles. The zero-order chi connectivity index (χ0) is 45.9. The van der Waals surface area contributed by atoms with Crippen molar-refractivity contribution >= 4 is 5.97 Å². The molecule has 0 aromatic carbocycles. The molecule has 0 aromatic rings. The first-order chi connectivity index (χ1) is 29.5. The molecule has 7 unspecified atom stereocenters. The second-order valence-corrected chi connectivity index (χ2v) is 22.2. The number of aliphatic hydroxyl groups is 9. The van der Waals surface area contributed by atoms with Crippen molar-refractivity contribution in [2.45, 2.75) is 218 Å². The lowest BCUT2D eigenvalue weighted by atomic mass is 9.41. The van der Waals surface area contributed by atoms with E-state index in [1.165, 1.54) is 12.5 Å². The van der Waals surface area contributed by atoms with Crippen LogP contribution in [0.2, 0.25) is 0 Å². The number of fused-ring (bicyclic) bond motifs is 2. The fourth-order valence-corrected chi connectivity index (χ4v) is 15.3. The molecule has 9 N–H and O–H groups in total. The molecule has 0 radical (unpaired) electrons. The average molecular weight is 897 g/mol. The quantitative estimate of drug-likeness (QED) is 0.0815. The number of carbonyl (C=O) groups excluding carboxylic acids is 1. The summed E-state index contributed by atoms with van der Waals surface area (Å²) < 4.78 is 37.1. The number of carbonyl (C=O) groups is 1. The smallest absolute Gasteiger partial charge is 0.317 e. The lowest BCUT2D eigenvalue weighted by Gasteiger charge is -2.63. The van der Waals surface area contributed by atoms with Crippen molar-refractivity contribution in [1.29, 1.82) is 0 Å². The molecule has 360 valence electrons. The lowest BCUT2D eigenvalue weighted by Crippen LogP contribution is -2.64. The van der Waals surface area contributed by atoms with E-state index in [9.17, 15) is 46.0 Å². The van der Waals surface area contributed by atoms with Crippen LogP contribution in [0, 0.1) is 50.7 Å². The first-order valence-corrected chi connectivity index (χ1v) is 23.7. The Morgan fingerprint density at radius 2 is 1.27 bits per heavy atom. The molecule has 8 rings (SSSR count). The summed E-state index contributed by atoms with van der Waals surface area (Å²) in [6, 6.07) is 0. The van der Waals surface area contributed by atoms with Crippen molar-refractivity contribution in [2.75, 3.05) is 6.61 Å². The van der Waals surface area contributed by atoms with Gasteiger partial charge < -0.3 is 74.4 Å². The molecule has 3 heterocycles. The number of rotatable bonds is 11. The molecule has 0 aromatic heterocycles. The number of ether oxygens (including phenoxy) is 6. The summed E-state index contributed by atoms with van der Waals surface area (Å²) in [6.07, 6.45) is -9.69. The average Bonchev–Trinajstić information content (AvgIpc) is 3.74. The molecule has 25 atom stereocenters. The van der Waals surface area contributed by atoms with Gasteiger partial charge in [0.2, 0.25) is 6.29 Å². The SMILES string of the molecule is CC(C)=CCC[C@@H](C)[C@H]1[C@H](O[C@@H]2O[C@H](CO)[C@H](O)C2O)C[C@@]2(C)C3CCC4[C@@]5(CC[C@H](O[C@@H]6OC(C)[C@H](O)[C@H](O)C6O)[C@@]4(C)C(=O)O[C@@H]4OC(C)[C@H](O)[C@H](O)C4O)C[C@@]35CC[C@]12C. The van der Waals surface area contributed by atoms with Crippen LogP contribution in [-0.2, 0) is 33.2 Å². The van der Waals surface area contributed by atoms with E-state index in [0.717, 1.165) is 38.5 Å². The van der Waals surface area contributed by atoms with Gasteiger partial charge in [0.05, 0.1) is 36.4 Å². The van der Waals surface area contributed by atoms with Crippen molar-refractivity contribution < 1.29 is 79.2 Å². The summed E-state index contributed by atoms with van der Waals surface area (Å²) in [5.74, 6) is -0.404. The number of hydrogen-bond acceptors (Lipinski definition) is 16. The highest BCUT2D eigenvalue weighted by atomic mass is 16.7. The summed E-state index contributed by atoms with van der Waals surface area (Å²) >= 11 is 0. The molecule has 8 aliphatic rings. The van der Waals surface area contributed by atoms with Crippen LogP contribution < -0.4 is 0 Å². The zero-order valence-corrected chi connectivity index (χ0v) is 38.3. The first kappa shape index (κ1) is 48.1. The largest absolute Gasteiger partial charge is 0.432 e. The Morgan fingerprint density at radius 1 is 0.698 bits per heavy atom. The Labute approximate surface area is 371 Å². The van der Waals surface area contributed by atoms with Crippen LogP contribution in [0.15, 0.2) is 11.6 Å². The Hall–Kier alpha value is -1.35. The van der Waals surface area contributed by atoms with Gasteiger partial charge in [-0.3, -0.25) is 4.79 Å². The van der Waals surface area contributed by atoms with Crippen LogP contribution in [0.1, 0.15) is 120 Å². The van der Waals surface area contributed by atoms with Gasteiger partial charge in [-0.1, -0.05) is 32.4 Å². The summed E-state index contributed by atoms with van der Waals surface area (Å²) in [5.41, 5.74) is -0.986. The van der Waals surface area contributed by atoms with E-state index in [2.05, 4.69) is 40.7 Å². The van der Waals surface area contributed by atoms with Gasteiger partial charge in [0.15, 0.2) is 12.6 Å². The standard InChI is InChI=1S/C47H76O16/c1-21(2)10-9-11-22(3)30-25(60-41-36(54)33(51)26(19-48)61-41)18-44(7)27-12-13-28-45(8,42(57)63-40-38(56)35(53)32(50)24(5)59-40)29(62-39-37(55)34(52)31(49)23(4)58-39)14-15-46(28)20-47(27,46)17-16-43(30,44)6/h10,22-41,48-56H,9,11-20H2,1-8H3/t22-,23?,24?,25-,26-,27?,28?,29+,30+,31+,32+,33+,34+,35+,36?,37?,38?,39+,40+,41-,43-,44+,45+,46-,47+/m1/s1. The lowest BCUT2D eigenvalue weighted by molar-refractivity contribution is -0.325. The van der Waals surface area contributed by atoms with Crippen LogP contribution in [0.4, 0.5) is 0 Å². The van der Waals surface area contributed by atoms with Gasteiger partial charge in [-0.05, 0) is 144 Å². The number of allylic oxidation sites excluding steroid dienone is 2. The minimum Gasteiger partial charge on any atom is -0.432 e. The van der Waals surface area contributed by atoms with Crippen molar-refractivity contribution in [1.82, 2.24) is 0 Å². The summed E-state index contributed by atoms with van der Waals surface area (Å²) in [4.78, 5) is 15.0. The van der Waals surface area contributed by atoms with E-state index in [-0.39, 0.29) is 51.4 Å². The van der Waals surface area contributed by atoms with E-state index >= 15 is 4.79 Å². The van der Waals surface area contributed by atoms with Crippen LogP contribution in [-0.4, -0.2) is 157 Å². The van der Waals surface area contributed by atoms with Crippen LogP contribution in [0.5, 0.6) is 0 Å². The van der Waals surface area contributed by atoms with Gasteiger partial charge in [-0.15, -0.1) is 0 Å². The fraction of sp³-hybridized carbons (Fsp3) is 0.936. The van der Waals surface area contributed by atoms with Gasteiger partial charge >= 0.3 is 5.97 Å². The van der Waals surface area contributed by atoms with Gasteiger partial charge in [-0.2, -0.15) is 0 Å². The molecule has 3 aliphatic heterocycles. The predicted molar refractivity (Wildman–Crippen MR) is 223 cm³/mol. The van der Waals surface area contributed by atoms with Crippen LogP contribution >= 0.6 is 0 Å². The predicted octanol–water partition coefficient (Wildman–Crippen LogP) is 1.81. The molecular formula is C47H76O16. The molecule has 0 amide bonds. The van der Waals surface area contributed by atoms with Crippen molar-refractivity contribution in [3.05, 3.63) is 11.6 Å². The molecule has 5 saturated carbocycles. The topological polar surface area (TPSA) is 255 Å². The molecule has 63 heavy (non-hydrogen) atoms. The van der Waals surface area contributed by atoms with Gasteiger partial charge in [0.1, 0.15) is 54.9 Å². The molecule has 16 nitrogen and oxygen atoms in total. The monoisotopic (exact) mass is 897 g/mol. The molecule has 8 fully saturated rings. The third-order valence-corrected chi connectivity index (χ3v) is 18.9. The maximum absolute atomic E-state index is 15.0. The summed E-state index contributed by atoms with van der Waals surface area (Å²) in [6.45, 7) is 15.8. The van der Waals surface area contributed by atoms with Crippen molar-refractivity contribution in [3.63, 3.8) is 0 Å². The highest BCUT2D eigenvalue weighted by Crippen LogP contribution is 2.89. The van der Waals surface area contributed by atoms with E-state index in [1.54, 1.807) is 6.92 Å². The van der Waals surface area contributed by atoms with Crippen molar-refractivity contribution in [2.24, 2.45) is 50.7 Å². The fourth-order valence-electron chi connectivity index (χ4n) is 15.3. The van der Waals surface area contributed by atoms with Gasteiger partial charge in [0, 0.05) is 0 Å². The number of aliphatic hydroxyl groups excluding tert-OH is 9. The second-order valence-electron chi connectivity index (χ2n) is 22.2. The minimum atomic E-state index is -1.72. The normalized spacial score (nSPS) is 55.5. The van der Waals surface area contributed by atoms with Crippen LogP contribution in [0.3, 0.4) is 0 Å². The van der Waals surface area contributed by atoms with E-state index in [0.29, 0.717) is 25.7 Å². The summed E-state index contributed by atoms with van der Waals surface area (Å²) in [7, 11) is 0. The van der Waals surface area contributed by atoms with Crippen LogP contribution in [0.25, 0.3) is 0 Å². The molecule has 2 spiro atoms. The highest BCUT2D eigenvalue weighted by Gasteiger charge is 2.84. The zero-order valence-electron chi connectivity index (χ0n) is 38.3.